The number of aldehydes is 1. The molecule has 0 bridgehead atoms. The Kier molecular flexibility index (Phi) is 15.9. The van der Waals surface area contributed by atoms with E-state index in [-0.39, 0.29) is 0 Å². The zero-order valence-electron chi connectivity index (χ0n) is 11.9. The predicted molar refractivity (Wildman–Crippen MR) is 81.2 cm³/mol. The molecule has 102 valence electrons. The van der Waals surface area contributed by atoms with Crippen LogP contribution in [-0.2, 0) is 9.59 Å². The number of aryl methyl sites for hydroxylation is 2. The number of hydrogen-bond donors (Lipinski definition) is 0. The zero-order chi connectivity index (χ0) is 14.9. The van der Waals surface area contributed by atoms with Gasteiger partial charge in [0.1, 0.15) is 13.1 Å². The summed E-state index contributed by atoms with van der Waals surface area (Å²) >= 11 is 0. The highest BCUT2D eigenvalue weighted by Crippen LogP contribution is 1.92. The van der Waals surface area contributed by atoms with Gasteiger partial charge in [0.15, 0.2) is 0 Å². The molecule has 0 spiro atoms. The van der Waals surface area contributed by atoms with Crippen LogP contribution in [0, 0.1) is 13.8 Å². The van der Waals surface area contributed by atoms with Crippen LogP contribution >= 0.6 is 0 Å². The minimum absolute atomic E-state index is 0.750. The molecular formula is C17H22O2. The molecule has 0 aliphatic carbocycles. The molecule has 0 N–H and O–H groups in total. The van der Waals surface area contributed by atoms with E-state index in [2.05, 4.69) is 38.1 Å². The van der Waals surface area contributed by atoms with E-state index in [0.717, 1.165) is 6.29 Å². The molecule has 2 nitrogen and oxygen atoms in total. The second kappa shape index (κ2) is 15.8. The van der Waals surface area contributed by atoms with Gasteiger partial charge in [-0.15, -0.1) is 0 Å². The van der Waals surface area contributed by atoms with Gasteiger partial charge in [0, 0.05) is 0 Å². The fraction of sp³-hybridized carbons (Fsp3) is 0.176. The Morgan fingerprint density at radius 1 is 0.737 bits per heavy atom. The molecule has 0 aliphatic rings. The largest absolute Gasteiger partial charge is 0.307 e. The van der Waals surface area contributed by atoms with E-state index in [1.807, 2.05) is 43.2 Å². The molecule has 0 saturated carbocycles. The van der Waals surface area contributed by atoms with E-state index >= 15 is 0 Å². The second-order valence-electron chi connectivity index (χ2n) is 3.55. The van der Waals surface area contributed by atoms with E-state index in [0.29, 0.717) is 0 Å². The molecule has 0 atom stereocenters. The van der Waals surface area contributed by atoms with Crippen LogP contribution in [0.25, 0.3) is 0 Å². The van der Waals surface area contributed by atoms with Crippen molar-refractivity contribution >= 4 is 13.1 Å². The van der Waals surface area contributed by atoms with Crippen molar-refractivity contribution in [2.75, 3.05) is 0 Å². The SMILES string of the molecule is C=O.CC=O.Cc1ccccc1.Cc1ccccc1. The lowest BCUT2D eigenvalue weighted by atomic mass is 10.2. The van der Waals surface area contributed by atoms with Crippen molar-refractivity contribution in [2.45, 2.75) is 20.8 Å². The fourth-order valence-corrected chi connectivity index (χ4v) is 1.07. The number of carbonyl (C=O) groups is 2. The smallest absolute Gasteiger partial charge is 0.116 e. The van der Waals surface area contributed by atoms with Crippen molar-refractivity contribution in [3.05, 3.63) is 71.8 Å². The Hall–Kier alpha value is -2.22. The monoisotopic (exact) mass is 258 g/mol. The highest BCUT2D eigenvalue weighted by Gasteiger charge is 1.72. The quantitative estimate of drug-likeness (QED) is 0.669. The molecule has 2 heteroatoms. The summed E-state index contributed by atoms with van der Waals surface area (Å²) in [7, 11) is 0. The summed E-state index contributed by atoms with van der Waals surface area (Å²) in [5, 5.41) is 0. The zero-order valence-corrected chi connectivity index (χ0v) is 11.9. The van der Waals surface area contributed by atoms with Gasteiger partial charge in [-0.3, -0.25) is 0 Å². The normalized spacial score (nSPS) is 7.32. The Morgan fingerprint density at radius 2 is 0.947 bits per heavy atom. The molecule has 2 rings (SSSR count). The summed E-state index contributed by atoms with van der Waals surface area (Å²) < 4.78 is 0. The first-order valence-electron chi connectivity index (χ1n) is 5.92. The van der Waals surface area contributed by atoms with Gasteiger partial charge in [0.2, 0.25) is 0 Å². The Morgan fingerprint density at radius 3 is 1.05 bits per heavy atom. The number of carbonyl (C=O) groups excluding carboxylic acids is 2. The van der Waals surface area contributed by atoms with Gasteiger partial charge in [0.05, 0.1) is 0 Å². The third-order valence-electron chi connectivity index (χ3n) is 1.88. The first-order valence-corrected chi connectivity index (χ1v) is 5.92. The van der Waals surface area contributed by atoms with Crippen molar-refractivity contribution < 1.29 is 9.59 Å². The van der Waals surface area contributed by atoms with Crippen LogP contribution in [0.2, 0.25) is 0 Å². The molecule has 0 aliphatic heterocycles. The summed E-state index contributed by atoms with van der Waals surface area (Å²) in [6.07, 6.45) is 0.750. The topological polar surface area (TPSA) is 34.1 Å². The van der Waals surface area contributed by atoms with Gasteiger partial charge in [-0.05, 0) is 20.8 Å². The van der Waals surface area contributed by atoms with Crippen molar-refractivity contribution in [2.24, 2.45) is 0 Å². The minimum Gasteiger partial charge on any atom is -0.307 e. The first kappa shape index (κ1) is 19.1. The summed E-state index contributed by atoms with van der Waals surface area (Å²) in [4.78, 5) is 16.8. The van der Waals surface area contributed by atoms with E-state index in [4.69, 9.17) is 9.59 Å². The summed E-state index contributed by atoms with van der Waals surface area (Å²) in [6.45, 7) is 7.61. The van der Waals surface area contributed by atoms with Crippen LogP contribution < -0.4 is 0 Å². The molecule has 2 aromatic rings. The maximum absolute atomic E-state index is 8.81. The number of rotatable bonds is 0. The highest BCUT2D eigenvalue weighted by molar-refractivity contribution is 5.44. The lowest BCUT2D eigenvalue weighted by Crippen LogP contribution is -1.62. The van der Waals surface area contributed by atoms with Crippen molar-refractivity contribution in [3.8, 4) is 0 Å². The average molecular weight is 258 g/mol. The molecule has 0 radical (unpaired) electrons. The van der Waals surface area contributed by atoms with Gasteiger partial charge in [-0.25, -0.2) is 0 Å². The minimum atomic E-state index is 0.750. The number of benzene rings is 2. The van der Waals surface area contributed by atoms with Crippen molar-refractivity contribution in [1.82, 2.24) is 0 Å². The third-order valence-corrected chi connectivity index (χ3v) is 1.88. The molecule has 19 heavy (non-hydrogen) atoms. The molecule has 0 saturated heterocycles. The van der Waals surface area contributed by atoms with E-state index in [1.165, 1.54) is 18.1 Å². The molecule has 0 heterocycles. The maximum Gasteiger partial charge on any atom is 0.116 e. The van der Waals surface area contributed by atoms with Crippen LogP contribution in [0.5, 0.6) is 0 Å². The summed E-state index contributed by atoms with van der Waals surface area (Å²) in [5.41, 5.74) is 2.64. The second-order valence-corrected chi connectivity index (χ2v) is 3.55. The van der Waals surface area contributed by atoms with Crippen molar-refractivity contribution in [1.29, 1.82) is 0 Å². The Bertz CT molecular complexity index is 359. The van der Waals surface area contributed by atoms with Crippen molar-refractivity contribution in [3.63, 3.8) is 0 Å². The Labute approximate surface area is 116 Å². The van der Waals surface area contributed by atoms with Crippen LogP contribution in [0.15, 0.2) is 60.7 Å². The Balaban J connectivity index is 0. The summed E-state index contributed by atoms with van der Waals surface area (Å²) in [5.74, 6) is 0. The maximum atomic E-state index is 8.81. The third kappa shape index (κ3) is 15.8. The van der Waals surface area contributed by atoms with Gasteiger partial charge >= 0.3 is 0 Å². The first-order chi connectivity index (χ1) is 9.20. The van der Waals surface area contributed by atoms with Crippen LogP contribution in [-0.4, -0.2) is 13.1 Å². The molecular weight excluding hydrogens is 236 g/mol. The average Bonchev–Trinajstić information content (AvgIpc) is 2.44. The van der Waals surface area contributed by atoms with Crippen LogP contribution in [0.1, 0.15) is 18.1 Å². The van der Waals surface area contributed by atoms with Crippen LogP contribution in [0.4, 0.5) is 0 Å². The van der Waals surface area contributed by atoms with Crippen LogP contribution in [0.3, 0.4) is 0 Å². The van der Waals surface area contributed by atoms with Gasteiger partial charge in [-0.1, -0.05) is 71.8 Å². The van der Waals surface area contributed by atoms with E-state index in [1.54, 1.807) is 0 Å². The molecule has 0 fully saturated rings. The summed E-state index contributed by atoms with van der Waals surface area (Å²) in [6, 6.07) is 20.5. The van der Waals surface area contributed by atoms with E-state index in [9.17, 15) is 0 Å². The van der Waals surface area contributed by atoms with Gasteiger partial charge in [-0.2, -0.15) is 0 Å². The predicted octanol–water partition coefficient (Wildman–Crippen LogP) is 4.01. The van der Waals surface area contributed by atoms with Gasteiger partial charge < -0.3 is 9.59 Å². The molecule has 0 unspecified atom stereocenters. The molecule has 0 aromatic heterocycles. The lowest BCUT2D eigenvalue weighted by Gasteiger charge is -1.82. The standard InChI is InChI=1S/2C7H8.C2H4O.CH2O/c2*1-7-5-3-2-4-6-7;1-2-3;1-2/h2*2-6H,1H3;2H,1H3;1H2. The molecule has 0 amide bonds. The lowest BCUT2D eigenvalue weighted by molar-refractivity contribution is -0.106. The number of hydrogen-bond acceptors (Lipinski definition) is 2. The fourth-order valence-electron chi connectivity index (χ4n) is 1.07. The van der Waals surface area contributed by atoms with E-state index < -0.39 is 0 Å². The van der Waals surface area contributed by atoms with Gasteiger partial charge in [0.25, 0.3) is 0 Å². The molecule has 2 aromatic carbocycles. The highest BCUT2D eigenvalue weighted by atomic mass is 16.1.